The number of imidazole rings is 1. The molecule has 2 aromatic rings. The summed E-state index contributed by atoms with van der Waals surface area (Å²) in [5.41, 5.74) is -1.03. The van der Waals surface area contributed by atoms with Crippen molar-refractivity contribution in [2.45, 2.75) is 38.9 Å². The Kier molecular flexibility index (Phi) is 3.77. The van der Waals surface area contributed by atoms with E-state index in [2.05, 4.69) is 4.98 Å². The summed E-state index contributed by atoms with van der Waals surface area (Å²) in [5.74, 6) is 0. The Morgan fingerprint density at radius 2 is 2.05 bits per heavy atom. The molecular weight excluding hydrogens is 259 g/mol. The summed E-state index contributed by atoms with van der Waals surface area (Å²) in [6.07, 6.45) is 6.54. The fourth-order valence-electron chi connectivity index (χ4n) is 1.50. The van der Waals surface area contributed by atoms with Gasteiger partial charge < -0.3 is 23.8 Å². The maximum Gasteiger partial charge on any atom is 0.529 e. The van der Waals surface area contributed by atoms with Crippen LogP contribution in [0.4, 0.5) is 0 Å². The minimum Gasteiger partial charge on any atom is -0.471 e. The first-order chi connectivity index (χ1) is 9.21. The summed E-state index contributed by atoms with van der Waals surface area (Å²) in [5, 5.41) is 20.1. The van der Waals surface area contributed by atoms with Gasteiger partial charge in [0.25, 0.3) is 0 Å². The number of hydrogen-bond donors (Lipinski definition) is 2. The summed E-state index contributed by atoms with van der Waals surface area (Å²) < 4.78 is 12.6. The fraction of sp³-hybridized carbons (Fsp3) is 0.462. The second-order valence-corrected chi connectivity index (χ2v) is 5.72. The molecule has 2 N–H and O–H groups in total. The number of aliphatic hydroxyl groups is 1. The van der Waals surface area contributed by atoms with E-state index >= 15 is 0 Å². The molecule has 2 heterocycles. The lowest BCUT2D eigenvalue weighted by molar-refractivity contribution is -0.0986. The average Bonchev–Trinajstić information content (AvgIpc) is 2.98. The van der Waals surface area contributed by atoms with Gasteiger partial charge in [0.05, 0.1) is 23.2 Å². The van der Waals surface area contributed by atoms with Crippen LogP contribution in [0.3, 0.4) is 0 Å². The number of rotatable bonds is 5. The van der Waals surface area contributed by atoms with Crippen molar-refractivity contribution in [3.8, 4) is 5.69 Å². The van der Waals surface area contributed by atoms with Gasteiger partial charge in [-0.2, -0.15) is 0 Å². The molecule has 0 saturated heterocycles. The van der Waals surface area contributed by atoms with Crippen molar-refractivity contribution in [2.75, 3.05) is 0 Å². The van der Waals surface area contributed by atoms with Crippen LogP contribution in [0, 0.1) is 0 Å². The van der Waals surface area contributed by atoms with Gasteiger partial charge >= 0.3 is 7.12 Å². The lowest BCUT2D eigenvalue weighted by Crippen LogP contribution is -2.52. The molecule has 0 aliphatic heterocycles. The molecule has 2 rings (SSSR count). The molecule has 0 unspecified atom stereocenters. The molecule has 0 fully saturated rings. The van der Waals surface area contributed by atoms with Crippen LogP contribution in [0.15, 0.2) is 35.5 Å². The van der Waals surface area contributed by atoms with Gasteiger partial charge in [0.1, 0.15) is 11.9 Å². The first-order valence-electron chi connectivity index (χ1n) is 6.36. The minimum atomic E-state index is -1.26. The molecule has 0 radical (unpaired) electrons. The normalized spacial score (nSPS) is 12.7. The van der Waals surface area contributed by atoms with Crippen LogP contribution >= 0.6 is 0 Å². The van der Waals surface area contributed by atoms with E-state index in [-0.39, 0.29) is 5.66 Å². The van der Waals surface area contributed by atoms with E-state index in [0.29, 0.717) is 0 Å². The highest BCUT2D eigenvalue weighted by atomic mass is 16.6. The Morgan fingerprint density at radius 1 is 1.35 bits per heavy atom. The van der Waals surface area contributed by atoms with Crippen LogP contribution in [0.25, 0.3) is 5.69 Å². The van der Waals surface area contributed by atoms with Gasteiger partial charge in [0.2, 0.25) is 0 Å². The van der Waals surface area contributed by atoms with Gasteiger partial charge in [0, 0.05) is 18.5 Å². The Labute approximate surface area is 118 Å². The molecule has 0 aromatic carbocycles. The highest BCUT2D eigenvalue weighted by molar-refractivity contribution is 6.58. The minimum absolute atomic E-state index is 0.269. The van der Waals surface area contributed by atoms with Crippen LogP contribution in [0.1, 0.15) is 27.7 Å². The van der Waals surface area contributed by atoms with Crippen LogP contribution < -0.4 is 5.66 Å². The van der Waals surface area contributed by atoms with E-state index in [9.17, 15) is 10.1 Å². The Bertz CT molecular complexity index is 557. The fourth-order valence-corrected chi connectivity index (χ4v) is 1.50. The maximum absolute atomic E-state index is 10.1. The molecule has 0 atom stereocenters. The van der Waals surface area contributed by atoms with Crippen molar-refractivity contribution in [1.82, 2.24) is 9.55 Å². The smallest absolute Gasteiger partial charge is 0.471 e. The third kappa shape index (κ3) is 2.95. The number of hydrogen-bond acceptors (Lipinski definition) is 5. The van der Waals surface area contributed by atoms with Gasteiger partial charge in [-0.05, 0) is 27.7 Å². The zero-order valence-electron chi connectivity index (χ0n) is 12.1. The standard InChI is InChI=1S/C13H19BN2O4/c1-12(2,17)13(3,4)20-14(18)11-7-10(8-19-11)16-6-5-15-9-16/h5-9,17-18H,1-4H3. The largest absolute Gasteiger partial charge is 0.529 e. The molecule has 0 aliphatic carbocycles. The van der Waals surface area contributed by atoms with Crippen molar-refractivity contribution in [3.05, 3.63) is 31.1 Å². The van der Waals surface area contributed by atoms with E-state index in [0.717, 1.165) is 5.69 Å². The predicted octanol–water partition coefficient (Wildman–Crippen LogP) is 0.719. The Hall–Kier alpha value is -1.57. The second-order valence-electron chi connectivity index (χ2n) is 5.72. The third-order valence-corrected chi connectivity index (χ3v) is 3.53. The quantitative estimate of drug-likeness (QED) is 0.788. The number of furan rings is 1. The third-order valence-electron chi connectivity index (χ3n) is 3.53. The van der Waals surface area contributed by atoms with Crippen molar-refractivity contribution in [3.63, 3.8) is 0 Å². The van der Waals surface area contributed by atoms with Gasteiger partial charge in [-0.15, -0.1) is 0 Å². The molecule has 2 aromatic heterocycles. The highest BCUT2D eigenvalue weighted by Gasteiger charge is 2.40. The van der Waals surface area contributed by atoms with Gasteiger partial charge in [-0.3, -0.25) is 0 Å². The van der Waals surface area contributed by atoms with E-state index in [1.54, 1.807) is 57.0 Å². The summed E-state index contributed by atoms with van der Waals surface area (Å²) in [7, 11) is -1.26. The van der Waals surface area contributed by atoms with E-state index in [1.165, 1.54) is 6.26 Å². The summed E-state index contributed by atoms with van der Waals surface area (Å²) in [4.78, 5) is 3.94. The van der Waals surface area contributed by atoms with E-state index in [1.807, 2.05) is 0 Å². The van der Waals surface area contributed by atoms with Gasteiger partial charge in [-0.1, -0.05) is 0 Å². The van der Waals surface area contributed by atoms with Crippen LogP contribution in [-0.2, 0) is 4.65 Å². The van der Waals surface area contributed by atoms with Crippen molar-refractivity contribution in [2.24, 2.45) is 0 Å². The molecule has 0 amide bonds. The van der Waals surface area contributed by atoms with Crippen LogP contribution in [-0.4, -0.2) is 38.0 Å². The molecule has 6 nitrogen and oxygen atoms in total. The van der Waals surface area contributed by atoms with Crippen molar-refractivity contribution < 1.29 is 19.2 Å². The lowest BCUT2D eigenvalue weighted by atomic mass is 9.81. The summed E-state index contributed by atoms with van der Waals surface area (Å²) >= 11 is 0. The van der Waals surface area contributed by atoms with Gasteiger partial charge in [-0.25, -0.2) is 4.98 Å². The lowest BCUT2D eigenvalue weighted by Gasteiger charge is -2.38. The molecule has 0 spiro atoms. The molecule has 0 bridgehead atoms. The molecule has 7 heteroatoms. The first kappa shape index (κ1) is 14.8. The Morgan fingerprint density at radius 3 is 2.60 bits per heavy atom. The monoisotopic (exact) mass is 278 g/mol. The zero-order valence-corrected chi connectivity index (χ0v) is 12.1. The van der Waals surface area contributed by atoms with Crippen LogP contribution in [0.5, 0.6) is 0 Å². The summed E-state index contributed by atoms with van der Waals surface area (Å²) in [6.45, 7) is 6.66. The molecule has 0 saturated carbocycles. The van der Waals surface area contributed by atoms with E-state index < -0.39 is 18.3 Å². The number of aromatic nitrogens is 2. The van der Waals surface area contributed by atoms with Crippen molar-refractivity contribution >= 4 is 12.8 Å². The molecule has 20 heavy (non-hydrogen) atoms. The van der Waals surface area contributed by atoms with Crippen molar-refractivity contribution in [1.29, 1.82) is 0 Å². The van der Waals surface area contributed by atoms with Crippen LogP contribution in [0.2, 0.25) is 0 Å². The Balaban J connectivity index is 2.13. The first-order valence-corrected chi connectivity index (χ1v) is 6.36. The summed E-state index contributed by atoms with van der Waals surface area (Å²) in [6, 6.07) is 1.66. The maximum atomic E-state index is 10.1. The second kappa shape index (κ2) is 5.08. The molecule has 108 valence electrons. The molecule has 0 aliphatic rings. The van der Waals surface area contributed by atoms with Gasteiger partial charge in [0.15, 0.2) is 0 Å². The predicted molar refractivity (Wildman–Crippen MR) is 74.9 cm³/mol. The SMILES string of the molecule is CC(C)(O)C(C)(C)OB(O)c1cc(-n2ccnc2)co1. The topological polar surface area (TPSA) is 80.6 Å². The number of nitrogens with zero attached hydrogens (tertiary/aromatic N) is 2. The zero-order chi connectivity index (χ0) is 15.0. The average molecular weight is 278 g/mol. The highest BCUT2D eigenvalue weighted by Crippen LogP contribution is 2.25. The van der Waals surface area contributed by atoms with E-state index in [4.69, 9.17) is 9.07 Å². The molecular formula is C13H19BN2O4.